The van der Waals surface area contributed by atoms with Crippen LogP contribution < -0.4 is 15.4 Å². The van der Waals surface area contributed by atoms with Gasteiger partial charge in [0, 0.05) is 51.7 Å². The molecule has 0 radical (unpaired) electrons. The Morgan fingerprint density at radius 3 is 2.70 bits per heavy atom. The number of aryl methyl sites for hydroxylation is 2. The van der Waals surface area contributed by atoms with Crippen molar-refractivity contribution in [2.24, 2.45) is 7.05 Å². The van der Waals surface area contributed by atoms with Crippen molar-refractivity contribution < 1.29 is 0 Å². The fraction of sp³-hybridized carbons (Fsp3) is 0.500. The lowest BCUT2D eigenvalue weighted by Gasteiger charge is -2.38. The summed E-state index contributed by atoms with van der Waals surface area (Å²) >= 11 is 0. The van der Waals surface area contributed by atoms with Gasteiger partial charge in [0.2, 0.25) is 5.95 Å². The highest BCUT2D eigenvalue weighted by Crippen LogP contribution is 2.21. The maximum atomic E-state index is 11.8. The van der Waals surface area contributed by atoms with Crippen molar-refractivity contribution in [2.45, 2.75) is 25.8 Å². The zero-order chi connectivity index (χ0) is 16.4. The number of aromatic nitrogens is 4. The Kier molecular flexibility index (Phi) is 4.27. The number of hydrogen-bond donors (Lipinski definition) is 0. The van der Waals surface area contributed by atoms with Gasteiger partial charge in [-0.05, 0) is 25.3 Å². The summed E-state index contributed by atoms with van der Waals surface area (Å²) in [5, 5.41) is 0. The highest BCUT2D eigenvalue weighted by atomic mass is 16.1. The number of likely N-dealkylation sites (N-methyl/N-ethyl adjacent to an activating group) is 1. The molecule has 23 heavy (non-hydrogen) atoms. The lowest BCUT2D eigenvalue weighted by atomic mass is 10.0. The third kappa shape index (κ3) is 3.33. The van der Waals surface area contributed by atoms with Crippen molar-refractivity contribution in [3.63, 3.8) is 0 Å². The van der Waals surface area contributed by atoms with Crippen LogP contribution in [-0.2, 0) is 7.05 Å². The van der Waals surface area contributed by atoms with Crippen molar-refractivity contribution in [3.05, 3.63) is 40.7 Å². The van der Waals surface area contributed by atoms with E-state index in [1.165, 1.54) is 4.57 Å². The Hall–Kier alpha value is -2.44. The molecule has 2 aromatic rings. The molecular weight excluding hydrogens is 292 g/mol. The topological polar surface area (TPSA) is 67.2 Å². The summed E-state index contributed by atoms with van der Waals surface area (Å²) in [7, 11) is 3.73. The van der Waals surface area contributed by atoms with Gasteiger partial charge < -0.3 is 14.4 Å². The SMILES string of the molecule is Cc1cnc(N(C)C2CCCN(c3cc(=O)n(C)cn3)C2)nc1. The molecule has 0 aromatic carbocycles. The van der Waals surface area contributed by atoms with Gasteiger partial charge in [0.1, 0.15) is 5.82 Å². The molecule has 1 unspecified atom stereocenters. The second-order valence-corrected chi connectivity index (χ2v) is 6.11. The largest absolute Gasteiger partial charge is 0.354 e. The van der Waals surface area contributed by atoms with E-state index in [1.807, 2.05) is 26.4 Å². The van der Waals surface area contributed by atoms with E-state index in [0.717, 1.165) is 43.3 Å². The van der Waals surface area contributed by atoms with E-state index in [4.69, 9.17) is 0 Å². The minimum atomic E-state index is -0.0349. The molecule has 0 saturated carbocycles. The Labute approximate surface area is 135 Å². The van der Waals surface area contributed by atoms with Crippen LogP contribution in [0.5, 0.6) is 0 Å². The normalized spacial score (nSPS) is 18.0. The summed E-state index contributed by atoms with van der Waals surface area (Å²) in [4.78, 5) is 29.3. The lowest BCUT2D eigenvalue weighted by Crippen LogP contribution is -2.47. The molecule has 1 saturated heterocycles. The maximum absolute atomic E-state index is 11.8. The summed E-state index contributed by atoms with van der Waals surface area (Å²) < 4.78 is 1.48. The molecule has 1 atom stereocenters. The lowest BCUT2D eigenvalue weighted by molar-refractivity contribution is 0.480. The molecule has 0 aliphatic carbocycles. The standard InChI is InChI=1S/C16H22N6O/c1-12-8-17-16(18-9-12)21(3)13-5-4-6-22(10-13)14-7-15(23)20(2)11-19-14/h7-9,11,13H,4-6,10H2,1-3H3. The first-order chi connectivity index (χ1) is 11.0. The average molecular weight is 314 g/mol. The van der Waals surface area contributed by atoms with Crippen molar-refractivity contribution in [1.82, 2.24) is 19.5 Å². The van der Waals surface area contributed by atoms with E-state index in [9.17, 15) is 4.79 Å². The molecule has 1 aliphatic rings. The Morgan fingerprint density at radius 2 is 2.00 bits per heavy atom. The molecule has 0 N–H and O–H groups in total. The van der Waals surface area contributed by atoms with Gasteiger partial charge >= 0.3 is 0 Å². The van der Waals surface area contributed by atoms with Crippen LogP contribution >= 0.6 is 0 Å². The molecule has 3 rings (SSSR count). The van der Waals surface area contributed by atoms with Crippen LogP contribution in [-0.4, -0.2) is 45.7 Å². The smallest absolute Gasteiger partial charge is 0.255 e. The van der Waals surface area contributed by atoms with E-state index in [-0.39, 0.29) is 5.56 Å². The number of piperidine rings is 1. The monoisotopic (exact) mass is 314 g/mol. The summed E-state index contributed by atoms with van der Waals surface area (Å²) in [6, 6.07) is 1.91. The number of nitrogens with zero attached hydrogens (tertiary/aromatic N) is 6. The van der Waals surface area contributed by atoms with Crippen LogP contribution in [0.25, 0.3) is 0 Å². The first-order valence-corrected chi connectivity index (χ1v) is 7.83. The van der Waals surface area contributed by atoms with Crippen molar-refractivity contribution >= 4 is 11.8 Å². The van der Waals surface area contributed by atoms with Gasteiger partial charge in [-0.1, -0.05) is 0 Å². The molecule has 0 spiro atoms. The van der Waals surface area contributed by atoms with Crippen LogP contribution in [0.2, 0.25) is 0 Å². The van der Waals surface area contributed by atoms with E-state index < -0.39 is 0 Å². The molecular formula is C16H22N6O. The highest BCUT2D eigenvalue weighted by molar-refractivity contribution is 5.40. The van der Waals surface area contributed by atoms with E-state index in [2.05, 4.69) is 24.8 Å². The number of hydrogen-bond acceptors (Lipinski definition) is 6. The van der Waals surface area contributed by atoms with Gasteiger partial charge in [-0.2, -0.15) is 0 Å². The molecule has 7 heteroatoms. The van der Waals surface area contributed by atoms with Crippen LogP contribution in [0.15, 0.2) is 29.6 Å². The fourth-order valence-electron chi connectivity index (χ4n) is 2.84. The van der Waals surface area contributed by atoms with Gasteiger partial charge in [0.25, 0.3) is 5.56 Å². The minimum absolute atomic E-state index is 0.0349. The molecule has 2 aromatic heterocycles. The van der Waals surface area contributed by atoms with Crippen molar-refractivity contribution in [3.8, 4) is 0 Å². The van der Waals surface area contributed by atoms with E-state index in [0.29, 0.717) is 6.04 Å². The Bertz CT molecular complexity index is 726. The van der Waals surface area contributed by atoms with Gasteiger partial charge in [-0.3, -0.25) is 4.79 Å². The second kappa shape index (κ2) is 6.36. The second-order valence-electron chi connectivity index (χ2n) is 6.11. The molecule has 0 amide bonds. The molecule has 7 nitrogen and oxygen atoms in total. The first kappa shape index (κ1) is 15.5. The minimum Gasteiger partial charge on any atom is -0.354 e. The van der Waals surface area contributed by atoms with Crippen LogP contribution in [0.3, 0.4) is 0 Å². The molecule has 1 fully saturated rings. The number of anilines is 2. The van der Waals surface area contributed by atoms with Crippen LogP contribution in [0.1, 0.15) is 18.4 Å². The van der Waals surface area contributed by atoms with Crippen molar-refractivity contribution in [2.75, 3.05) is 29.9 Å². The Balaban J connectivity index is 1.76. The molecule has 0 bridgehead atoms. The predicted octanol–water partition coefficient (Wildman–Crippen LogP) is 0.984. The van der Waals surface area contributed by atoms with E-state index in [1.54, 1.807) is 19.4 Å². The van der Waals surface area contributed by atoms with E-state index >= 15 is 0 Å². The summed E-state index contributed by atoms with van der Waals surface area (Å²) in [6.45, 7) is 3.71. The highest BCUT2D eigenvalue weighted by Gasteiger charge is 2.25. The van der Waals surface area contributed by atoms with Gasteiger partial charge in [0.15, 0.2) is 0 Å². The zero-order valence-electron chi connectivity index (χ0n) is 13.8. The third-order valence-corrected chi connectivity index (χ3v) is 4.31. The fourth-order valence-corrected chi connectivity index (χ4v) is 2.84. The zero-order valence-corrected chi connectivity index (χ0v) is 13.8. The van der Waals surface area contributed by atoms with Crippen LogP contribution in [0, 0.1) is 6.92 Å². The summed E-state index contributed by atoms with van der Waals surface area (Å²) in [5.74, 6) is 1.48. The van der Waals surface area contributed by atoms with Gasteiger partial charge in [-0.25, -0.2) is 15.0 Å². The Morgan fingerprint density at radius 1 is 1.26 bits per heavy atom. The van der Waals surface area contributed by atoms with Gasteiger partial charge in [0.05, 0.1) is 6.33 Å². The first-order valence-electron chi connectivity index (χ1n) is 7.83. The average Bonchev–Trinajstić information content (AvgIpc) is 2.57. The van der Waals surface area contributed by atoms with Crippen LogP contribution in [0.4, 0.5) is 11.8 Å². The number of rotatable bonds is 3. The predicted molar refractivity (Wildman–Crippen MR) is 89.9 cm³/mol. The third-order valence-electron chi connectivity index (χ3n) is 4.31. The quantitative estimate of drug-likeness (QED) is 0.841. The van der Waals surface area contributed by atoms with Crippen molar-refractivity contribution in [1.29, 1.82) is 0 Å². The molecule has 3 heterocycles. The van der Waals surface area contributed by atoms with Gasteiger partial charge in [-0.15, -0.1) is 0 Å². The molecule has 122 valence electrons. The summed E-state index contributed by atoms with van der Waals surface area (Å²) in [5.41, 5.74) is 1.02. The summed E-state index contributed by atoms with van der Waals surface area (Å²) in [6.07, 6.45) is 7.38. The molecule has 1 aliphatic heterocycles. The maximum Gasteiger partial charge on any atom is 0.255 e.